The van der Waals surface area contributed by atoms with Gasteiger partial charge in [0.1, 0.15) is 11.4 Å². The molecular formula is C12H17NO3S. The summed E-state index contributed by atoms with van der Waals surface area (Å²) in [6.45, 7) is 5.43. The van der Waals surface area contributed by atoms with Crippen LogP contribution in [-0.2, 0) is 4.74 Å². The lowest BCUT2D eigenvalue weighted by Crippen LogP contribution is -2.27. The van der Waals surface area contributed by atoms with Crippen molar-refractivity contribution in [2.24, 2.45) is 0 Å². The van der Waals surface area contributed by atoms with Crippen molar-refractivity contribution in [1.82, 2.24) is 0 Å². The monoisotopic (exact) mass is 255 g/mol. The Morgan fingerprint density at radius 3 is 2.47 bits per heavy atom. The van der Waals surface area contributed by atoms with Gasteiger partial charge in [0.2, 0.25) is 0 Å². The lowest BCUT2D eigenvalue weighted by molar-refractivity contribution is 0.0636. The number of methoxy groups -OCH3 is 1. The highest BCUT2D eigenvalue weighted by molar-refractivity contribution is 7.80. The molecule has 0 radical (unpaired) electrons. The van der Waals surface area contributed by atoms with Crippen molar-refractivity contribution in [1.29, 1.82) is 0 Å². The van der Waals surface area contributed by atoms with Crippen LogP contribution in [0.25, 0.3) is 0 Å². The highest BCUT2D eigenvalue weighted by Crippen LogP contribution is 2.25. The zero-order chi connectivity index (χ0) is 13.1. The van der Waals surface area contributed by atoms with E-state index >= 15 is 0 Å². The van der Waals surface area contributed by atoms with Crippen LogP contribution >= 0.6 is 12.6 Å². The number of carbonyl (C=O) groups excluding carboxylic acids is 1. The maximum Gasteiger partial charge on any atom is 0.412 e. The van der Waals surface area contributed by atoms with Crippen LogP contribution in [0.1, 0.15) is 20.8 Å². The molecule has 94 valence electrons. The highest BCUT2D eigenvalue weighted by Gasteiger charge is 2.16. The number of hydrogen-bond acceptors (Lipinski definition) is 4. The van der Waals surface area contributed by atoms with E-state index < -0.39 is 11.7 Å². The molecule has 1 rings (SSSR count). The zero-order valence-electron chi connectivity index (χ0n) is 10.4. The predicted octanol–water partition coefficient (Wildman–Crippen LogP) is 3.33. The van der Waals surface area contributed by atoms with Crippen molar-refractivity contribution in [2.75, 3.05) is 12.4 Å². The molecule has 0 saturated carbocycles. The van der Waals surface area contributed by atoms with Crippen LogP contribution in [0.2, 0.25) is 0 Å². The number of carbonyl (C=O) groups is 1. The van der Waals surface area contributed by atoms with Gasteiger partial charge in [-0.3, -0.25) is 5.32 Å². The Hall–Kier alpha value is -1.36. The maximum absolute atomic E-state index is 11.5. The summed E-state index contributed by atoms with van der Waals surface area (Å²) < 4.78 is 10.2. The number of thiol groups is 1. The van der Waals surface area contributed by atoms with Crippen LogP contribution in [0.3, 0.4) is 0 Å². The summed E-state index contributed by atoms with van der Waals surface area (Å²) >= 11 is 4.24. The fourth-order valence-corrected chi connectivity index (χ4v) is 1.49. The quantitative estimate of drug-likeness (QED) is 0.797. The molecule has 1 N–H and O–H groups in total. The van der Waals surface area contributed by atoms with Gasteiger partial charge in [-0.05, 0) is 39.0 Å². The molecule has 0 aliphatic heterocycles. The van der Waals surface area contributed by atoms with E-state index in [9.17, 15) is 4.79 Å². The van der Waals surface area contributed by atoms with Gasteiger partial charge in [-0.25, -0.2) is 4.79 Å². The summed E-state index contributed by atoms with van der Waals surface area (Å²) in [5, 5.41) is 2.62. The second kappa shape index (κ2) is 5.31. The van der Waals surface area contributed by atoms with Crippen molar-refractivity contribution in [3.63, 3.8) is 0 Å². The molecule has 5 heteroatoms. The Bertz CT molecular complexity index is 413. The third-order valence-electron chi connectivity index (χ3n) is 1.82. The van der Waals surface area contributed by atoms with Gasteiger partial charge in [0.25, 0.3) is 0 Å². The normalized spacial score (nSPS) is 10.9. The Morgan fingerprint density at radius 1 is 1.35 bits per heavy atom. The van der Waals surface area contributed by atoms with E-state index in [4.69, 9.17) is 9.47 Å². The van der Waals surface area contributed by atoms with Crippen LogP contribution < -0.4 is 10.1 Å². The van der Waals surface area contributed by atoms with E-state index in [1.54, 1.807) is 25.3 Å². The lowest BCUT2D eigenvalue weighted by atomic mass is 10.2. The molecule has 0 saturated heterocycles. The second-order valence-corrected chi connectivity index (χ2v) is 5.00. The molecule has 0 aliphatic rings. The van der Waals surface area contributed by atoms with E-state index in [1.807, 2.05) is 20.8 Å². The van der Waals surface area contributed by atoms with Gasteiger partial charge in [0, 0.05) is 10.6 Å². The molecule has 17 heavy (non-hydrogen) atoms. The van der Waals surface area contributed by atoms with Crippen molar-refractivity contribution in [2.45, 2.75) is 31.3 Å². The van der Waals surface area contributed by atoms with Crippen molar-refractivity contribution >= 4 is 24.4 Å². The molecule has 0 heterocycles. The standard InChI is InChI=1S/C12H17NO3S/c1-12(2,3)16-11(14)13-8-5-6-9(15-4)10(17)7-8/h5-7,17H,1-4H3,(H,13,14). The first kappa shape index (κ1) is 13.7. The number of ether oxygens (including phenoxy) is 2. The molecule has 1 aromatic rings. The summed E-state index contributed by atoms with van der Waals surface area (Å²) in [5.74, 6) is 0.656. The highest BCUT2D eigenvalue weighted by atomic mass is 32.1. The van der Waals surface area contributed by atoms with Crippen LogP contribution in [0, 0.1) is 0 Å². The molecule has 0 aromatic heterocycles. The first-order valence-electron chi connectivity index (χ1n) is 5.19. The van der Waals surface area contributed by atoms with Crippen molar-refractivity contribution in [3.05, 3.63) is 18.2 Å². The minimum Gasteiger partial charge on any atom is -0.496 e. The van der Waals surface area contributed by atoms with Gasteiger partial charge in [-0.2, -0.15) is 0 Å². The molecular weight excluding hydrogens is 238 g/mol. The number of rotatable bonds is 2. The summed E-state index contributed by atoms with van der Waals surface area (Å²) in [6.07, 6.45) is -0.490. The maximum atomic E-state index is 11.5. The Labute approximate surface area is 107 Å². The molecule has 1 amide bonds. The van der Waals surface area contributed by atoms with Crippen molar-refractivity contribution < 1.29 is 14.3 Å². The Morgan fingerprint density at radius 2 is 2.00 bits per heavy atom. The summed E-state index contributed by atoms with van der Waals surface area (Å²) in [5.41, 5.74) is 0.102. The molecule has 1 aromatic carbocycles. The largest absolute Gasteiger partial charge is 0.496 e. The van der Waals surface area contributed by atoms with E-state index in [1.165, 1.54) is 0 Å². The molecule has 0 aliphatic carbocycles. The van der Waals surface area contributed by atoms with Gasteiger partial charge in [0.15, 0.2) is 0 Å². The fourth-order valence-electron chi connectivity index (χ4n) is 1.19. The Balaban J connectivity index is 2.69. The first-order chi connectivity index (χ1) is 7.81. The average molecular weight is 255 g/mol. The predicted molar refractivity (Wildman–Crippen MR) is 70.1 cm³/mol. The van der Waals surface area contributed by atoms with E-state index in [0.717, 1.165) is 0 Å². The molecule has 0 atom stereocenters. The van der Waals surface area contributed by atoms with Crippen LogP contribution in [0.15, 0.2) is 23.1 Å². The van der Waals surface area contributed by atoms with E-state index in [2.05, 4.69) is 17.9 Å². The third kappa shape index (κ3) is 4.56. The summed E-state index contributed by atoms with van der Waals surface area (Å²) in [6, 6.07) is 5.16. The molecule has 0 unspecified atom stereocenters. The number of nitrogens with one attached hydrogen (secondary N) is 1. The number of benzene rings is 1. The minimum atomic E-state index is -0.514. The Kier molecular flexibility index (Phi) is 4.28. The average Bonchev–Trinajstić information content (AvgIpc) is 2.14. The molecule has 4 nitrogen and oxygen atoms in total. The molecule has 0 fully saturated rings. The summed E-state index contributed by atoms with van der Waals surface area (Å²) in [4.78, 5) is 12.2. The van der Waals surface area contributed by atoms with Gasteiger partial charge in [-0.1, -0.05) is 0 Å². The van der Waals surface area contributed by atoms with Gasteiger partial charge in [0.05, 0.1) is 7.11 Å². The topological polar surface area (TPSA) is 47.6 Å². The smallest absolute Gasteiger partial charge is 0.412 e. The van der Waals surface area contributed by atoms with E-state index in [-0.39, 0.29) is 0 Å². The third-order valence-corrected chi connectivity index (χ3v) is 2.17. The summed E-state index contributed by atoms with van der Waals surface area (Å²) in [7, 11) is 1.57. The van der Waals surface area contributed by atoms with Gasteiger partial charge < -0.3 is 9.47 Å². The molecule has 0 bridgehead atoms. The van der Waals surface area contributed by atoms with E-state index in [0.29, 0.717) is 16.3 Å². The first-order valence-corrected chi connectivity index (χ1v) is 5.63. The van der Waals surface area contributed by atoms with Crippen LogP contribution in [0.5, 0.6) is 5.75 Å². The van der Waals surface area contributed by atoms with Crippen molar-refractivity contribution in [3.8, 4) is 5.75 Å². The number of hydrogen-bond donors (Lipinski definition) is 2. The van der Waals surface area contributed by atoms with Gasteiger partial charge in [-0.15, -0.1) is 12.6 Å². The second-order valence-electron chi connectivity index (χ2n) is 4.51. The van der Waals surface area contributed by atoms with Crippen LogP contribution in [-0.4, -0.2) is 18.8 Å². The number of amides is 1. The SMILES string of the molecule is COc1ccc(NC(=O)OC(C)(C)C)cc1S. The van der Waals surface area contributed by atoms with Gasteiger partial charge >= 0.3 is 6.09 Å². The lowest BCUT2D eigenvalue weighted by Gasteiger charge is -2.19. The minimum absolute atomic E-state index is 0.490. The fraction of sp³-hybridized carbons (Fsp3) is 0.417. The van der Waals surface area contributed by atoms with Crippen LogP contribution in [0.4, 0.5) is 10.5 Å². The zero-order valence-corrected chi connectivity index (χ0v) is 11.3. The molecule has 0 spiro atoms. The number of anilines is 1.